The van der Waals surface area contributed by atoms with E-state index in [9.17, 15) is 4.79 Å². The van der Waals surface area contributed by atoms with Gasteiger partial charge in [0.15, 0.2) is 0 Å². The predicted octanol–water partition coefficient (Wildman–Crippen LogP) is 3.30. The SMILES string of the molecule is Cc1ccc(Oc2ccc(NC(=O)NCCCCN3CCN(CCO)CC3)cc2)cc1. The van der Waals surface area contributed by atoms with Gasteiger partial charge >= 0.3 is 6.03 Å². The second-order valence-electron chi connectivity index (χ2n) is 7.93. The third-order valence-electron chi connectivity index (χ3n) is 5.44. The lowest BCUT2D eigenvalue weighted by atomic mass is 10.2. The summed E-state index contributed by atoms with van der Waals surface area (Å²) in [6.45, 7) is 8.91. The molecule has 0 atom stereocenters. The largest absolute Gasteiger partial charge is 0.457 e. The highest BCUT2D eigenvalue weighted by Gasteiger charge is 2.15. The number of aliphatic hydroxyl groups is 1. The summed E-state index contributed by atoms with van der Waals surface area (Å²) >= 11 is 0. The first-order chi connectivity index (χ1) is 15.1. The Morgan fingerprint density at radius 2 is 1.48 bits per heavy atom. The van der Waals surface area contributed by atoms with Crippen LogP contribution in [0.5, 0.6) is 11.5 Å². The molecule has 0 saturated carbocycles. The van der Waals surface area contributed by atoms with E-state index in [0.29, 0.717) is 6.54 Å². The molecule has 0 bridgehead atoms. The van der Waals surface area contributed by atoms with E-state index in [1.54, 1.807) is 0 Å². The number of hydrogen-bond acceptors (Lipinski definition) is 5. The van der Waals surface area contributed by atoms with E-state index in [1.165, 1.54) is 5.56 Å². The molecular formula is C24H34N4O3. The summed E-state index contributed by atoms with van der Waals surface area (Å²) in [6, 6.07) is 15.1. The summed E-state index contributed by atoms with van der Waals surface area (Å²) in [4.78, 5) is 16.8. The average Bonchev–Trinajstić information content (AvgIpc) is 2.78. The third-order valence-corrected chi connectivity index (χ3v) is 5.44. The smallest absolute Gasteiger partial charge is 0.319 e. The molecule has 1 aliphatic rings. The van der Waals surface area contributed by atoms with Crippen LogP contribution in [0.4, 0.5) is 10.5 Å². The number of rotatable bonds is 10. The lowest BCUT2D eigenvalue weighted by Gasteiger charge is -2.34. The molecule has 1 heterocycles. The van der Waals surface area contributed by atoms with E-state index < -0.39 is 0 Å². The molecule has 0 aromatic heterocycles. The number of hydrogen-bond donors (Lipinski definition) is 3. The number of unbranched alkanes of at least 4 members (excludes halogenated alkanes) is 1. The molecule has 0 unspecified atom stereocenters. The molecule has 2 aromatic rings. The van der Waals surface area contributed by atoms with Gasteiger partial charge in [-0.25, -0.2) is 4.79 Å². The van der Waals surface area contributed by atoms with Crippen molar-refractivity contribution >= 4 is 11.7 Å². The highest BCUT2D eigenvalue weighted by molar-refractivity contribution is 5.89. The fraction of sp³-hybridized carbons (Fsp3) is 0.458. The van der Waals surface area contributed by atoms with Gasteiger partial charge in [-0.3, -0.25) is 4.90 Å². The number of carbonyl (C=O) groups excluding carboxylic acids is 1. The van der Waals surface area contributed by atoms with E-state index in [-0.39, 0.29) is 12.6 Å². The van der Waals surface area contributed by atoms with Gasteiger partial charge < -0.3 is 25.4 Å². The van der Waals surface area contributed by atoms with Crippen LogP contribution < -0.4 is 15.4 Å². The first-order valence-corrected chi connectivity index (χ1v) is 11.1. The maximum Gasteiger partial charge on any atom is 0.319 e. The Morgan fingerprint density at radius 1 is 0.903 bits per heavy atom. The number of carbonyl (C=O) groups is 1. The summed E-state index contributed by atoms with van der Waals surface area (Å²) in [5.74, 6) is 1.52. The van der Waals surface area contributed by atoms with Crippen molar-refractivity contribution in [3.8, 4) is 11.5 Å². The average molecular weight is 427 g/mol. The summed E-state index contributed by atoms with van der Waals surface area (Å²) in [5.41, 5.74) is 1.92. The molecule has 2 amide bonds. The monoisotopic (exact) mass is 426 g/mol. The third kappa shape index (κ3) is 8.20. The maximum absolute atomic E-state index is 12.1. The Morgan fingerprint density at radius 3 is 2.10 bits per heavy atom. The number of amides is 2. The summed E-state index contributed by atoms with van der Waals surface area (Å²) in [5, 5.41) is 14.8. The van der Waals surface area contributed by atoms with Crippen molar-refractivity contribution in [2.24, 2.45) is 0 Å². The first kappa shape index (κ1) is 23.1. The fourth-order valence-electron chi connectivity index (χ4n) is 3.56. The van der Waals surface area contributed by atoms with Crippen molar-refractivity contribution in [2.45, 2.75) is 19.8 Å². The van der Waals surface area contributed by atoms with Crippen LogP contribution in [0.15, 0.2) is 48.5 Å². The highest BCUT2D eigenvalue weighted by atomic mass is 16.5. The van der Waals surface area contributed by atoms with Crippen LogP contribution in [0.1, 0.15) is 18.4 Å². The molecule has 1 saturated heterocycles. The van der Waals surface area contributed by atoms with Gasteiger partial charge in [0, 0.05) is 45.0 Å². The Bertz CT molecular complexity index is 787. The normalized spacial score (nSPS) is 14.9. The number of aryl methyl sites for hydroxylation is 1. The summed E-state index contributed by atoms with van der Waals surface area (Å²) in [6.07, 6.45) is 2.01. The number of nitrogens with zero attached hydrogens (tertiary/aromatic N) is 2. The van der Waals surface area contributed by atoms with Crippen LogP contribution in [0, 0.1) is 6.92 Å². The van der Waals surface area contributed by atoms with E-state index >= 15 is 0 Å². The Labute approximate surface area is 185 Å². The molecule has 7 nitrogen and oxygen atoms in total. The van der Waals surface area contributed by atoms with Gasteiger partial charge in [0.25, 0.3) is 0 Å². The predicted molar refractivity (Wildman–Crippen MR) is 124 cm³/mol. The number of anilines is 1. The number of ether oxygens (including phenoxy) is 1. The lowest BCUT2D eigenvalue weighted by molar-refractivity contribution is 0.111. The number of nitrogens with one attached hydrogen (secondary N) is 2. The summed E-state index contributed by atoms with van der Waals surface area (Å²) in [7, 11) is 0. The first-order valence-electron chi connectivity index (χ1n) is 11.1. The number of β-amino-alcohol motifs (C(OH)–C–C–N with tert-alkyl or cyclic N) is 1. The minimum Gasteiger partial charge on any atom is -0.457 e. The minimum absolute atomic E-state index is 0.190. The van der Waals surface area contributed by atoms with Crippen LogP contribution in [0.2, 0.25) is 0 Å². The molecular weight excluding hydrogens is 392 g/mol. The van der Waals surface area contributed by atoms with Crippen molar-refractivity contribution < 1.29 is 14.6 Å². The van der Waals surface area contributed by atoms with Crippen molar-refractivity contribution in [3.63, 3.8) is 0 Å². The Hall–Kier alpha value is -2.61. The van der Waals surface area contributed by atoms with E-state index in [4.69, 9.17) is 9.84 Å². The van der Waals surface area contributed by atoms with Crippen LogP contribution in [0.25, 0.3) is 0 Å². The van der Waals surface area contributed by atoms with Gasteiger partial charge in [-0.05, 0) is 62.7 Å². The van der Waals surface area contributed by atoms with Gasteiger partial charge in [0.1, 0.15) is 11.5 Å². The molecule has 31 heavy (non-hydrogen) atoms. The Kier molecular flexibility index (Phi) is 9.15. The second kappa shape index (κ2) is 12.3. The van der Waals surface area contributed by atoms with E-state index in [1.807, 2.05) is 55.5 Å². The zero-order valence-corrected chi connectivity index (χ0v) is 18.3. The van der Waals surface area contributed by atoms with Gasteiger partial charge in [-0.2, -0.15) is 0 Å². The fourth-order valence-corrected chi connectivity index (χ4v) is 3.56. The van der Waals surface area contributed by atoms with Crippen molar-refractivity contribution in [1.82, 2.24) is 15.1 Å². The van der Waals surface area contributed by atoms with Gasteiger partial charge in [0.05, 0.1) is 6.61 Å². The number of urea groups is 1. The van der Waals surface area contributed by atoms with Crippen LogP contribution in [-0.2, 0) is 0 Å². The highest BCUT2D eigenvalue weighted by Crippen LogP contribution is 2.23. The molecule has 2 aromatic carbocycles. The van der Waals surface area contributed by atoms with E-state index in [2.05, 4.69) is 20.4 Å². The minimum atomic E-state index is -0.190. The van der Waals surface area contributed by atoms with E-state index in [0.717, 1.165) is 69.3 Å². The number of piperazine rings is 1. The lowest BCUT2D eigenvalue weighted by Crippen LogP contribution is -2.47. The van der Waals surface area contributed by atoms with Gasteiger partial charge in [-0.15, -0.1) is 0 Å². The zero-order valence-electron chi connectivity index (χ0n) is 18.3. The topological polar surface area (TPSA) is 77.1 Å². The zero-order chi connectivity index (χ0) is 21.9. The molecule has 3 N–H and O–H groups in total. The molecule has 1 fully saturated rings. The van der Waals surface area contributed by atoms with Crippen LogP contribution in [0.3, 0.4) is 0 Å². The van der Waals surface area contributed by atoms with Gasteiger partial charge in [-0.1, -0.05) is 17.7 Å². The number of aliphatic hydroxyl groups excluding tert-OH is 1. The molecule has 0 radical (unpaired) electrons. The molecule has 0 spiro atoms. The second-order valence-corrected chi connectivity index (χ2v) is 7.93. The van der Waals surface area contributed by atoms with Crippen molar-refractivity contribution in [3.05, 3.63) is 54.1 Å². The standard InChI is InChI=1S/C24H34N4O3/c1-20-4-8-22(9-5-20)31-23-10-6-21(7-11-23)26-24(30)25-12-2-3-13-27-14-16-28(17-15-27)18-19-29/h4-11,29H,2-3,12-19H2,1H3,(H2,25,26,30). The van der Waals surface area contributed by atoms with Crippen molar-refractivity contribution in [2.75, 3.05) is 57.7 Å². The molecule has 3 rings (SSSR count). The quantitative estimate of drug-likeness (QED) is 0.508. The van der Waals surface area contributed by atoms with Crippen molar-refractivity contribution in [1.29, 1.82) is 0 Å². The Balaban J connectivity index is 1.28. The number of benzene rings is 2. The van der Waals surface area contributed by atoms with Crippen LogP contribution in [-0.4, -0.2) is 73.4 Å². The summed E-state index contributed by atoms with van der Waals surface area (Å²) < 4.78 is 5.81. The van der Waals surface area contributed by atoms with Crippen LogP contribution >= 0.6 is 0 Å². The molecule has 168 valence electrons. The molecule has 0 aliphatic carbocycles. The van der Waals surface area contributed by atoms with Gasteiger partial charge in [0.2, 0.25) is 0 Å². The molecule has 7 heteroatoms. The molecule has 1 aliphatic heterocycles. The maximum atomic E-state index is 12.1.